The van der Waals surface area contributed by atoms with Crippen LogP contribution in [0.3, 0.4) is 0 Å². The number of nitrogens with zero attached hydrogens (tertiary/aromatic N) is 2. The first-order valence-electron chi connectivity index (χ1n) is 6.29. The third-order valence-corrected chi connectivity index (χ3v) is 2.95. The smallest absolute Gasteiger partial charge is 0.0991 e. The van der Waals surface area contributed by atoms with Crippen molar-refractivity contribution in [3.63, 3.8) is 0 Å². The van der Waals surface area contributed by atoms with E-state index in [1.54, 1.807) is 0 Å². The van der Waals surface area contributed by atoms with Crippen molar-refractivity contribution >= 4 is 0 Å². The van der Waals surface area contributed by atoms with Gasteiger partial charge in [0, 0.05) is 11.8 Å². The molecular weight excluding hydrogens is 220 g/mol. The van der Waals surface area contributed by atoms with Gasteiger partial charge in [-0.3, -0.25) is 4.98 Å². The second kappa shape index (κ2) is 5.97. The molecule has 2 rings (SSSR count). The van der Waals surface area contributed by atoms with Gasteiger partial charge in [0.2, 0.25) is 0 Å². The number of aryl methyl sites for hydroxylation is 1. The molecular formula is C16H16N2. The second-order valence-corrected chi connectivity index (χ2v) is 4.34. The number of hydrogen-bond donors (Lipinski definition) is 0. The number of rotatable bonds is 4. The Hall–Kier alpha value is -2.14. The quantitative estimate of drug-likeness (QED) is 0.805. The van der Waals surface area contributed by atoms with Crippen molar-refractivity contribution in [1.82, 2.24) is 4.98 Å². The summed E-state index contributed by atoms with van der Waals surface area (Å²) < 4.78 is 0. The summed E-state index contributed by atoms with van der Waals surface area (Å²) in [4.78, 5) is 4.47. The predicted octanol–water partition coefficient (Wildman–Crippen LogP) is 3.96. The van der Waals surface area contributed by atoms with Crippen molar-refractivity contribution < 1.29 is 0 Å². The first kappa shape index (κ1) is 12.3. The Morgan fingerprint density at radius 3 is 2.44 bits per heavy atom. The van der Waals surface area contributed by atoms with E-state index in [9.17, 15) is 0 Å². The van der Waals surface area contributed by atoms with Gasteiger partial charge >= 0.3 is 0 Å². The predicted molar refractivity (Wildman–Crippen MR) is 73.0 cm³/mol. The summed E-state index contributed by atoms with van der Waals surface area (Å²) in [5.41, 5.74) is 3.98. The number of unbranched alkanes of at least 4 members (excludes halogenated alkanes) is 1. The molecule has 0 amide bonds. The highest BCUT2D eigenvalue weighted by Gasteiger charge is 2.00. The number of aromatic nitrogens is 1. The zero-order chi connectivity index (χ0) is 12.8. The minimum absolute atomic E-state index is 0.679. The Balaban J connectivity index is 2.15. The molecule has 2 heteroatoms. The minimum Gasteiger partial charge on any atom is -0.256 e. The average Bonchev–Trinajstić information content (AvgIpc) is 2.46. The fraction of sp³-hybridized carbons (Fsp3) is 0.250. The molecule has 0 saturated carbocycles. The van der Waals surface area contributed by atoms with Gasteiger partial charge < -0.3 is 0 Å². The van der Waals surface area contributed by atoms with Crippen molar-refractivity contribution in [2.24, 2.45) is 0 Å². The van der Waals surface area contributed by atoms with Crippen LogP contribution in [0.2, 0.25) is 0 Å². The molecule has 2 aromatic rings. The van der Waals surface area contributed by atoms with Gasteiger partial charge in [-0.25, -0.2) is 0 Å². The minimum atomic E-state index is 0.679. The molecule has 2 nitrogen and oxygen atoms in total. The van der Waals surface area contributed by atoms with Gasteiger partial charge in [0.25, 0.3) is 0 Å². The molecule has 0 saturated heterocycles. The van der Waals surface area contributed by atoms with Gasteiger partial charge in [0.05, 0.1) is 17.3 Å². The molecule has 0 N–H and O–H groups in total. The molecule has 1 aromatic heterocycles. The molecule has 1 heterocycles. The van der Waals surface area contributed by atoms with Crippen LogP contribution < -0.4 is 0 Å². The van der Waals surface area contributed by atoms with Gasteiger partial charge in [-0.15, -0.1) is 0 Å². The van der Waals surface area contributed by atoms with Gasteiger partial charge in [-0.2, -0.15) is 5.26 Å². The molecule has 18 heavy (non-hydrogen) atoms. The highest BCUT2D eigenvalue weighted by atomic mass is 14.7. The molecule has 0 unspecified atom stereocenters. The normalized spacial score (nSPS) is 10.0. The SMILES string of the molecule is CCCCc1ccc(-c2ccc(C#N)cc2)nc1. The Kier molecular flexibility index (Phi) is 4.09. The molecule has 0 aliphatic heterocycles. The Labute approximate surface area is 108 Å². The van der Waals surface area contributed by atoms with Crippen molar-refractivity contribution in [2.45, 2.75) is 26.2 Å². The third kappa shape index (κ3) is 2.95. The van der Waals surface area contributed by atoms with Crippen LogP contribution in [-0.2, 0) is 6.42 Å². The highest BCUT2D eigenvalue weighted by molar-refractivity contribution is 5.60. The molecule has 0 fully saturated rings. The van der Waals surface area contributed by atoms with Crippen LogP contribution in [-0.4, -0.2) is 4.98 Å². The van der Waals surface area contributed by atoms with E-state index in [1.807, 2.05) is 36.5 Å². The van der Waals surface area contributed by atoms with E-state index in [2.05, 4.69) is 24.0 Å². The van der Waals surface area contributed by atoms with Crippen LogP contribution in [0.5, 0.6) is 0 Å². The summed E-state index contributed by atoms with van der Waals surface area (Å²) in [6.07, 6.45) is 5.45. The molecule has 0 bridgehead atoms. The molecule has 90 valence electrons. The first-order chi connectivity index (χ1) is 8.83. The van der Waals surface area contributed by atoms with Crippen LogP contribution in [0.15, 0.2) is 42.6 Å². The summed E-state index contributed by atoms with van der Waals surface area (Å²) in [7, 11) is 0. The number of hydrogen-bond acceptors (Lipinski definition) is 2. The summed E-state index contributed by atoms with van der Waals surface area (Å²) in [6.45, 7) is 2.19. The van der Waals surface area contributed by atoms with Crippen molar-refractivity contribution in [1.29, 1.82) is 5.26 Å². The first-order valence-corrected chi connectivity index (χ1v) is 6.29. The lowest BCUT2D eigenvalue weighted by molar-refractivity contribution is 0.792. The fourth-order valence-electron chi connectivity index (χ4n) is 1.84. The van der Waals surface area contributed by atoms with Crippen LogP contribution in [0.4, 0.5) is 0 Å². The van der Waals surface area contributed by atoms with E-state index < -0.39 is 0 Å². The maximum absolute atomic E-state index is 8.75. The van der Waals surface area contributed by atoms with E-state index in [1.165, 1.54) is 18.4 Å². The number of nitriles is 1. The monoisotopic (exact) mass is 236 g/mol. The number of benzene rings is 1. The lowest BCUT2D eigenvalue weighted by Crippen LogP contribution is -1.89. The summed E-state index contributed by atoms with van der Waals surface area (Å²) in [6, 6.07) is 13.8. The van der Waals surface area contributed by atoms with Gasteiger partial charge in [-0.05, 0) is 36.6 Å². The summed E-state index contributed by atoms with van der Waals surface area (Å²) >= 11 is 0. The molecule has 0 atom stereocenters. The molecule has 0 spiro atoms. The maximum Gasteiger partial charge on any atom is 0.0991 e. The Morgan fingerprint density at radius 2 is 1.89 bits per heavy atom. The highest BCUT2D eigenvalue weighted by Crippen LogP contribution is 2.18. The largest absolute Gasteiger partial charge is 0.256 e. The number of pyridine rings is 1. The lowest BCUT2D eigenvalue weighted by atomic mass is 10.1. The lowest BCUT2D eigenvalue weighted by Gasteiger charge is -2.03. The van der Waals surface area contributed by atoms with Crippen LogP contribution in [0, 0.1) is 11.3 Å². The average molecular weight is 236 g/mol. The maximum atomic E-state index is 8.75. The molecule has 1 aromatic carbocycles. The van der Waals surface area contributed by atoms with E-state index in [-0.39, 0.29) is 0 Å². The second-order valence-electron chi connectivity index (χ2n) is 4.34. The van der Waals surface area contributed by atoms with Crippen LogP contribution >= 0.6 is 0 Å². The molecule has 0 aliphatic rings. The fourth-order valence-corrected chi connectivity index (χ4v) is 1.84. The van der Waals surface area contributed by atoms with Gasteiger partial charge in [0.1, 0.15) is 0 Å². The van der Waals surface area contributed by atoms with E-state index in [0.717, 1.165) is 17.7 Å². The van der Waals surface area contributed by atoms with Crippen LogP contribution in [0.25, 0.3) is 11.3 Å². The van der Waals surface area contributed by atoms with E-state index in [4.69, 9.17) is 5.26 Å². The van der Waals surface area contributed by atoms with Gasteiger partial charge in [-0.1, -0.05) is 31.5 Å². The summed E-state index contributed by atoms with van der Waals surface area (Å²) in [5.74, 6) is 0. The third-order valence-electron chi connectivity index (χ3n) is 2.95. The van der Waals surface area contributed by atoms with E-state index in [0.29, 0.717) is 5.56 Å². The zero-order valence-corrected chi connectivity index (χ0v) is 10.6. The van der Waals surface area contributed by atoms with E-state index >= 15 is 0 Å². The molecule has 0 radical (unpaired) electrons. The van der Waals surface area contributed by atoms with Crippen molar-refractivity contribution in [3.05, 3.63) is 53.7 Å². The Bertz CT molecular complexity index is 533. The Morgan fingerprint density at radius 1 is 1.11 bits per heavy atom. The standard InChI is InChI=1S/C16H16N2/c1-2-3-4-14-7-10-16(18-12-14)15-8-5-13(11-17)6-9-15/h5-10,12H,2-4H2,1H3. The van der Waals surface area contributed by atoms with Crippen LogP contribution in [0.1, 0.15) is 30.9 Å². The summed E-state index contributed by atoms with van der Waals surface area (Å²) in [5, 5.41) is 8.75. The molecule has 0 aliphatic carbocycles. The van der Waals surface area contributed by atoms with Crippen molar-refractivity contribution in [2.75, 3.05) is 0 Å². The van der Waals surface area contributed by atoms with Gasteiger partial charge in [0.15, 0.2) is 0 Å². The zero-order valence-electron chi connectivity index (χ0n) is 10.6. The topological polar surface area (TPSA) is 36.7 Å². The van der Waals surface area contributed by atoms with Crippen molar-refractivity contribution in [3.8, 4) is 17.3 Å².